The third-order valence-electron chi connectivity index (χ3n) is 4.20. The quantitative estimate of drug-likeness (QED) is 0.678. The summed E-state index contributed by atoms with van der Waals surface area (Å²) in [7, 11) is 4.33. The van der Waals surface area contributed by atoms with Crippen LogP contribution in [0.25, 0.3) is 16.3 Å². The number of hydrogen-bond acceptors (Lipinski definition) is 9. The van der Waals surface area contributed by atoms with Gasteiger partial charge in [0.25, 0.3) is 5.56 Å². The molecule has 0 amide bonds. The predicted molar refractivity (Wildman–Crippen MR) is 107 cm³/mol. The molecular weight excluding hydrogens is 394 g/mol. The van der Waals surface area contributed by atoms with Gasteiger partial charge in [-0.1, -0.05) is 0 Å². The van der Waals surface area contributed by atoms with E-state index in [0.717, 1.165) is 15.9 Å². The van der Waals surface area contributed by atoms with Crippen LogP contribution < -0.4 is 25.5 Å². The van der Waals surface area contributed by atoms with Crippen molar-refractivity contribution < 1.29 is 14.2 Å². The minimum atomic E-state index is -0.678. The van der Waals surface area contributed by atoms with Crippen LogP contribution in [0.15, 0.2) is 28.5 Å². The van der Waals surface area contributed by atoms with Crippen LogP contribution >= 0.6 is 11.3 Å². The fourth-order valence-corrected chi connectivity index (χ4v) is 3.59. The number of nitriles is 2. The van der Waals surface area contributed by atoms with Crippen molar-refractivity contribution in [2.75, 3.05) is 27.1 Å². The Balaban J connectivity index is 2.45. The molecule has 2 aromatic heterocycles. The summed E-state index contributed by atoms with van der Waals surface area (Å²) in [5.41, 5.74) is 5.63. The van der Waals surface area contributed by atoms with Crippen LogP contribution in [0, 0.1) is 22.7 Å². The Morgan fingerprint density at radius 1 is 1.07 bits per heavy atom. The highest BCUT2D eigenvalue weighted by molar-refractivity contribution is 7.12. The Morgan fingerprint density at radius 3 is 2.14 bits per heavy atom. The van der Waals surface area contributed by atoms with Gasteiger partial charge in [0, 0.05) is 17.1 Å². The molecule has 9 nitrogen and oxygen atoms in total. The number of nitrogens with zero attached hydrogens (tertiary/aromatic N) is 4. The monoisotopic (exact) mass is 409 g/mol. The van der Waals surface area contributed by atoms with Crippen molar-refractivity contribution in [2.45, 2.75) is 0 Å². The second-order valence-corrected chi connectivity index (χ2v) is 6.48. The predicted octanol–water partition coefficient (Wildman–Crippen LogP) is 2.31. The fraction of sp³-hybridized carbons (Fsp3) is 0.158. The number of ether oxygens (including phenoxy) is 3. The minimum Gasteiger partial charge on any atom is -0.493 e. The van der Waals surface area contributed by atoms with E-state index in [2.05, 4.69) is 4.98 Å². The number of benzene rings is 1. The van der Waals surface area contributed by atoms with Crippen molar-refractivity contribution in [3.63, 3.8) is 0 Å². The number of aromatic nitrogens is 2. The molecule has 0 bridgehead atoms. The van der Waals surface area contributed by atoms with Gasteiger partial charge >= 0.3 is 0 Å². The molecule has 0 saturated carbocycles. The van der Waals surface area contributed by atoms with Gasteiger partial charge in [-0.25, -0.2) is 9.55 Å². The number of methoxy groups -OCH3 is 3. The van der Waals surface area contributed by atoms with Gasteiger partial charge in [0.05, 0.1) is 21.3 Å². The summed E-state index contributed by atoms with van der Waals surface area (Å²) in [5.74, 6) is 0.824. The topological polar surface area (TPSA) is 136 Å². The highest BCUT2D eigenvalue weighted by atomic mass is 32.1. The number of hydrogen-bond donors (Lipinski definition) is 1. The second-order valence-electron chi connectivity index (χ2n) is 5.60. The smallest absolute Gasteiger partial charge is 0.277 e. The molecule has 0 aliphatic carbocycles. The lowest BCUT2D eigenvalue weighted by Gasteiger charge is -2.17. The van der Waals surface area contributed by atoms with Gasteiger partial charge < -0.3 is 19.9 Å². The first kappa shape index (κ1) is 19.7. The molecule has 3 rings (SSSR count). The van der Waals surface area contributed by atoms with E-state index >= 15 is 0 Å². The maximum absolute atomic E-state index is 13.0. The van der Waals surface area contributed by atoms with Crippen molar-refractivity contribution >= 4 is 17.2 Å². The molecule has 0 fully saturated rings. The molecule has 0 aliphatic heterocycles. The first-order valence-corrected chi connectivity index (χ1v) is 8.99. The molecule has 0 radical (unpaired) electrons. The van der Waals surface area contributed by atoms with Crippen LogP contribution in [0.5, 0.6) is 17.2 Å². The van der Waals surface area contributed by atoms with Crippen molar-refractivity contribution in [1.82, 2.24) is 9.55 Å². The highest BCUT2D eigenvalue weighted by Crippen LogP contribution is 2.43. The average molecular weight is 409 g/mol. The Morgan fingerprint density at radius 2 is 1.69 bits per heavy atom. The average Bonchev–Trinajstić information content (AvgIpc) is 3.26. The normalized spacial score (nSPS) is 10.1. The van der Waals surface area contributed by atoms with E-state index in [0.29, 0.717) is 22.8 Å². The molecule has 10 heteroatoms. The van der Waals surface area contributed by atoms with Crippen LogP contribution in [0.2, 0.25) is 0 Å². The maximum Gasteiger partial charge on any atom is 0.277 e. The number of rotatable bonds is 5. The van der Waals surface area contributed by atoms with Crippen molar-refractivity contribution in [3.8, 4) is 45.6 Å². The molecule has 0 saturated heterocycles. The lowest BCUT2D eigenvalue weighted by Crippen LogP contribution is -2.26. The van der Waals surface area contributed by atoms with Gasteiger partial charge in [-0.05, 0) is 17.7 Å². The van der Waals surface area contributed by atoms with Crippen molar-refractivity contribution in [3.05, 3.63) is 45.2 Å². The first-order chi connectivity index (χ1) is 14.0. The first-order valence-electron chi connectivity index (χ1n) is 8.11. The van der Waals surface area contributed by atoms with E-state index < -0.39 is 5.56 Å². The van der Waals surface area contributed by atoms with E-state index in [-0.39, 0.29) is 27.6 Å². The molecule has 3 aromatic rings. The van der Waals surface area contributed by atoms with E-state index in [1.165, 1.54) is 27.5 Å². The van der Waals surface area contributed by atoms with Gasteiger partial charge in [0.2, 0.25) is 5.75 Å². The van der Waals surface area contributed by atoms with Gasteiger partial charge in [0.1, 0.15) is 29.1 Å². The summed E-state index contributed by atoms with van der Waals surface area (Å²) in [6, 6.07) is 6.99. The molecule has 2 heterocycles. The van der Waals surface area contributed by atoms with Gasteiger partial charge in [-0.2, -0.15) is 10.5 Å². The molecular formula is C19H15N5O4S. The summed E-state index contributed by atoms with van der Waals surface area (Å²) in [6.07, 6.45) is 1.50. The standard InChI is InChI=1S/C19H15N5O4S/c1-26-13-6-10(7-14(27-2)16(13)28-3)15-11(8-20)17(22)24(18(25)12(15)9-21)19-23-4-5-29-19/h4-7H,22H2,1-3H3. The Kier molecular flexibility index (Phi) is 5.39. The number of thiazole rings is 1. The summed E-state index contributed by atoms with van der Waals surface area (Å²) in [6.45, 7) is 0. The van der Waals surface area contributed by atoms with Crippen molar-refractivity contribution in [1.29, 1.82) is 10.5 Å². The zero-order valence-corrected chi connectivity index (χ0v) is 16.5. The Bertz CT molecular complexity index is 1190. The summed E-state index contributed by atoms with van der Waals surface area (Å²) in [4.78, 5) is 17.1. The summed E-state index contributed by atoms with van der Waals surface area (Å²) >= 11 is 1.16. The zero-order valence-electron chi connectivity index (χ0n) is 15.7. The van der Waals surface area contributed by atoms with Crippen LogP contribution in [0.4, 0.5) is 5.82 Å². The Labute approximate surface area is 169 Å². The Hall–Kier alpha value is -4.02. The molecule has 29 heavy (non-hydrogen) atoms. The van der Waals surface area contributed by atoms with Crippen LogP contribution in [0.3, 0.4) is 0 Å². The van der Waals surface area contributed by atoms with Crippen LogP contribution in [-0.4, -0.2) is 30.9 Å². The lowest BCUT2D eigenvalue weighted by atomic mass is 9.95. The SMILES string of the molecule is COc1cc(-c2c(C#N)c(N)n(-c3nccs3)c(=O)c2C#N)cc(OC)c1OC. The zero-order chi connectivity index (χ0) is 21.1. The van der Waals surface area contributed by atoms with Crippen LogP contribution in [-0.2, 0) is 0 Å². The minimum absolute atomic E-state index is 0.0365. The maximum atomic E-state index is 13.0. The summed E-state index contributed by atoms with van der Waals surface area (Å²) < 4.78 is 17.0. The number of nitrogens with two attached hydrogens (primary N) is 1. The highest BCUT2D eigenvalue weighted by Gasteiger charge is 2.25. The molecule has 0 spiro atoms. The van der Waals surface area contributed by atoms with E-state index in [4.69, 9.17) is 19.9 Å². The van der Waals surface area contributed by atoms with Gasteiger partial charge in [-0.15, -0.1) is 11.3 Å². The molecule has 146 valence electrons. The molecule has 0 aliphatic rings. The van der Waals surface area contributed by atoms with E-state index in [9.17, 15) is 15.3 Å². The molecule has 0 unspecified atom stereocenters. The largest absolute Gasteiger partial charge is 0.493 e. The summed E-state index contributed by atoms with van der Waals surface area (Å²) in [5, 5.41) is 21.4. The fourth-order valence-electron chi connectivity index (χ4n) is 2.94. The number of nitrogen functional groups attached to an aromatic ring is 1. The van der Waals surface area contributed by atoms with Crippen molar-refractivity contribution in [2.24, 2.45) is 0 Å². The lowest BCUT2D eigenvalue weighted by molar-refractivity contribution is 0.324. The van der Waals surface area contributed by atoms with E-state index in [1.807, 2.05) is 12.1 Å². The molecule has 2 N–H and O–H groups in total. The van der Waals surface area contributed by atoms with Gasteiger partial charge in [-0.3, -0.25) is 4.79 Å². The van der Waals surface area contributed by atoms with Gasteiger partial charge in [0.15, 0.2) is 16.6 Å². The second kappa shape index (κ2) is 7.92. The van der Waals surface area contributed by atoms with Crippen LogP contribution in [0.1, 0.15) is 11.1 Å². The molecule has 0 atom stereocenters. The van der Waals surface area contributed by atoms with E-state index in [1.54, 1.807) is 17.5 Å². The third kappa shape index (κ3) is 3.12. The third-order valence-corrected chi connectivity index (χ3v) is 4.96. The number of anilines is 1. The molecule has 1 aromatic carbocycles. The number of pyridine rings is 1.